The van der Waals surface area contributed by atoms with Gasteiger partial charge in [0.25, 0.3) is 11.5 Å². The molecule has 2 aromatic heterocycles. The van der Waals surface area contributed by atoms with Crippen molar-refractivity contribution in [1.29, 1.82) is 0 Å². The maximum atomic E-state index is 12.7. The van der Waals surface area contributed by atoms with Crippen LogP contribution in [0.5, 0.6) is 0 Å². The first-order valence-corrected chi connectivity index (χ1v) is 8.45. The van der Waals surface area contributed by atoms with E-state index in [4.69, 9.17) is 0 Å². The summed E-state index contributed by atoms with van der Waals surface area (Å²) in [5.41, 5.74) is 2.09. The Kier molecular flexibility index (Phi) is 4.25. The number of carbonyl (C=O) groups is 1. The standard InChI is InChI=1S/C20H17N5O2/c1-24(13-14-7-9-15(10-8-14)25-12-4-11-21-25)20(27)18-22-17-6-3-2-5-16(17)19(26)23-18/h2-12H,13H2,1H3,(H,22,23,26). The van der Waals surface area contributed by atoms with E-state index in [1.54, 1.807) is 42.2 Å². The van der Waals surface area contributed by atoms with Crippen molar-refractivity contribution in [3.8, 4) is 5.69 Å². The average molecular weight is 359 g/mol. The third kappa shape index (κ3) is 3.35. The van der Waals surface area contributed by atoms with Crippen molar-refractivity contribution in [3.63, 3.8) is 0 Å². The summed E-state index contributed by atoms with van der Waals surface area (Å²) >= 11 is 0. The lowest BCUT2D eigenvalue weighted by Gasteiger charge is -2.17. The van der Waals surface area contributed by atoms with Gasteiger partial charge >= 0.3 is 0 Å². The van der Waals surface area contributed by atoms with Gasteiger partial charge in [-0.2, -0.15) is 5.10 Å². The van der Waals surface area contributed by atoms with Crippen molar-refractivity contribution in [2.75, 3.05) is 7.05 Å². The van der Waals surface area contributed by atoms with E-state index in [2.05, 4.69) is 15.1 Å². The van der Waals surface area contributed by atoms with Gasteiger partial charge in [0.05, 0.1) is 16.6 Å². The highest BCUT2D eigenvalue weighted by molar-refractivity contribution is 5.92. The number of nitrogens with one attached hydrogen (secondary N) is 1. The van der Waals surface area contributed by atoms with Crippen LogP contribution in [-0.4, -0.2) is 37.6 Å². The summed E-state index contributed by atoms with van der Waals surface area (Å²) in [6.45, 7) is 0.398. The second-order valence-corrected chi connectivity index (χ2v) is 6.21. The fourth-order valence-electron chi connectivity index (χ4n) is 2.89. The van der Waals surface area contributed by atoms with E-state index in [0.29, 0.717) is 17.4 Å². The molecule has 1 amide bonds. The lowest BCUT2D eigenvalue weighted by atomic mass is 10.2. The zero-order valence-corrected chi connectivity index (χ0v) is 14.7. The van der Waals surface area contributed by atoms with E-state index in [1.165, 1.54) is 4.90 Å². The molecule has 0 bridgehead atoms. The van der Waals surface area contributed by atoms with Crippen LogP contribution >= 0.6 is 0 Å². The number of fused-ring (bicyclic) bond motifs is 1. The van der Waals surface area contributed by atoms with Crippen molar-refractivity contribution in [1.82, 2.24) is 24.6 Å². The van der Waals surface area contributed by atoms with Crippen LogP contribution in [0.2, 0.25) is 0 Å². The molecule has 0 fully saturated rings. The molecule has 7 nitrogen and oxygen atoms in total. The molecule has 0 saturated heterocycles. The highest BCUT2D eigenvalue weighted by Gasteiger charge is 2.16. The number of nitrogens with zero attached hydrogens (tertiary/aromatic N) is 4. The minimum absolute atomic E-state index is 0.0364. The number of para-hydroxylation sites is 1. The third-order valence-electron chi connectivity index (χ3n) is 4.29. The van der Waals surface area contributed by atoms with E-state index in [9.17, 15) is 9.59 Å². The molecule has 2 aromatic carbocycles. The normalized spacial score (nSPS) is 10.9. The largest absolute Gasteiger partial charge is 0.335 e. The molecule has 4 rings (SSSR count). The molecule has 0 unspecified atom stereocenters. The first-order chi connectivity index (χ1) is 13.1. The molecule has 4 aromatic rings. The molecule has 0 aliphatic carbocycles. The summed E-state index contributed by atoms with van der Waals surface area (Å²) in [6, 6.07) is 16.6. The number of carbonyl (C=O) groups excluding carboxylic acids is 1. The molecule has 0 aliphatic heterocycles. The Labute approximate surface area is 154 Å². The summed E-state index contributed by atoms with van der Waals surface area (Å²) in [4.78, 5) is 33.2. The Morgan fingerprint density at radius 3 is 2.63 bits per heavy atom. The zero-order chi connectivity index (χ0) is 18.8. The van der Waals surface area contributed by atoms with Crippen molar-refractivity contribution < 1.29 is 4.79 Å². The van der Waals surface area contributed by atoms with Gasteiger partial charge in [0.2, 0.25) is 0 Å². The van der Waals surface area contributed by atoms with E-state index < -0.39 is 0 Å². The molecule has 0 radical (unpaired) electrons. The summed E-state index contributed by atoms with van der Waals surface area (Å²) in [5.74, 6) is -0.302. The highest BCUT2D eigenvalue weighted by Crippen LogP contribution is 2.12. The molecule has 0 saturated carbocycles. The molecule has 7 heteroatoms. The molecule has 0 atom stereocenters. The van der Waals surface area contributed by atoms with Crippen LogP contribution < -0.4 is 5.56 Å². The van der Waals surface area contributed by atoms with Crippen LogP contribution in [0.3, 0.4) is 0 Å². The summed E-state index contributed by atoms with van der Waals surface area (Å²) in [7, 11) is 1.68. The zero-order valence-electron chi connectivity index (χ0n) is 14.7. The van der Waals surface area contributed by atoms with Crippen LogP contribution in [0.15, 0.2) is 71.8 Å². The van der Waals surface area contributed by atoms with Crippen molar-refractivity contribution in [2.24, 2.45) is 0 Å². The smallest absolute Gasteiger partial charge is 0.289 e. The van der Waals surface area contributed by atoms with Crippen LogP contribution in [0, 0.1) is 0 Å². The Balaban J connectivity index is 1.53. The van der Waals surface area contributed by atoms with E-state index in [0.717, 1.165) is 11.3 Å². The minimum Gasteiger partial charge on any atom is -0.335 e. The first-order valence-electron chi connectivity index (χ1n) is 8.45. The Bertz CT molecular complexity index is 1150. The van der Waals surface area contributed by atoms with E-state index in [1.807, 2.05) is 36.5 Å². The number of hydrogen-bond donors (Lipinski definition) is 1. The van der Waals surface area contributed by atoms with Gasteiger partial charge in [-0.25, -0.2) is 9.67 Å². The van der Waals surface area contributed by atoms with Gasteiger partial charge in [0.15, 0.2) is 5.82 Å². The maximum Gasteiger partial charge on any atom is 0.289 e. The molecule has 0 aliphatic rings. The van der Waals surface area contributed by atoms with Gasteiger partial charge in [-0.15, -0.1) is 0 Å². The monoisotopic (exact) mass is 359 g/mol. The molecule has 27 heavy (non-hydrogen) atoms. The van der Waals surface area contributed by atoms with Gasteiger partial charge in [0.1, 0.15) is 0 Å². The number of hydrogen-bond acceptors (Lipinski definition) is 4. The number of rotatable bonds is 4. The van der Waals surface area contributed by atoms with Gasteiger partial charge in [-0.05, 0) is 35.9 Å². The second-order valence-electron chi connectivity index (χ2n) is 6.21. The molecular weight excluding hydrogens is 342 g/mol. The average Bonchev–Trinajstić information content (AvgIpc) is 3.23. The summed E-state index contributed by atoms with van der Waals surface area (Å²) in [5, 5.41) is 4.65. The summed E-state index contributed by atoms with van der Waals surface area (Å²) in [6.07, 6.45) is 3.59. The SMILES string of the molecule is CN(Cc1ccc(-n2cccn2)cc1)C(=O)c1nc2ccccc2c(=O)[nH]1. The lowest BCUT2D eigenvalue weighted by Crippen LogP contribution is -2.29. The number of aromatic nitrogens is 4. The second kappa shape index (κ2) is 6.87. The van der Waals surface area contributed by atoms with Crippen LogP contribution in [-0.2, 0) is 6.54 Å². The number of amides is 1. The van der Waals surface area contributed by atoms with Crippen LogP contribution in [0.25, 0.3) is 16.6 Å². The first kappa shape index (κ1) is 16.7. The predicted octanol–water partition coefficient (Wildman–Crippen LogP) is 2.38. The van der Waals surface area contributed by atoms with E-state index >= 15 is 0 Å². The number of benzene rings is 2. The molecule has 1 N–H and O–H groups in total. The molecular formula is C20H17N5O2. The van der Waals surface area contributed by atoms with Crippen molar-refractivity contribution in [3.05, 3.63) is 88.7 Å². The summed E-state index contributed by atoms with van der Waals surface area (Å²) < 4.78 is 1.77. The number of H-pyrrole nitrogens is 1. The van der Waals surface area contributed by atoms with E-state index in [-0.39, 0.29) is 17.3 Å². The fraction of sp³-hybridized carbons (Fsp3) is 0.100. The molecule has 0 spiro atoms. The Morgan fingerprint density at radius 1 is 1.11 bits per heavy atom. The molecule has 134 valence electrons. The Morgan fingerprint density at radius 2 is 1.89 bits per heavy atom. The topological polar surface area (TPSA) is 83.9 Å². The third-order valence-corrected chi connectivity index (χ3v) is 4.29. The van der Waals surface area contributed by atoms with Crippen molar-refractivity contribution in [2.45, 2.75) is 6.54 Å². The van der Waals surface area contributed by atoms with Crippen LogP contribution in [0.1, 0.15) is 16.2 Å². The van der Waals surface area contributed by atoms with Gasteiger partial charge < -0.3 is 9.88 Å². The number of aromatic amines is 1. The van der Waals surface area contributed by atoms with Gasteiger partial charge in [-0.1, -0.05) is 24.3 Å². The minimum atomic E-state index is -0.339. The highest BCUT2D eigenvalue weighted by atomic mass is 16.2. The lowest BCUT2D eigenvalue weighted by molar-refractivity contribution is 0.0773. The van der Waals surface area contributed by atoms with Gasteiger partial charge in [-0.3, -0.25) is 9.59 Å². The Hall–Kier alpha value is -3.74. The predicted molar refractivity (Wildman–Crippen MR) is 102 cm³/mol. The maximum absolute atomic E-state index is 12.7. The van der Waals surface area contributed by atoms with Crippen LogP contribution in [0.4, 0.5) is 0 Å². The van der Waals surface area contributed by atoms with Gasteiger partial charge in [0, 0.05) is 26.0 Å². The van der Waals surface area contributed by atoms with Crippen molar-refractivity contribution >= 4 is 16.8 Å². The molecule has 2 heterocycles. The quantitative estimate of drug-likeness (QED) is 0.606. The fourth-order valence-corrected chi connectivity index (χ4v) is 2.89.